The van der Waals surface area contributed by atoms with Crippen molar-refractivity contribution in [2.24, 2.45) is 0 Å². The van der Waals surface area contributed by atoms with E-state index in [0.29, 0.717) is 19.8 Å². The van der Waals surface area contributed by atoms with Crippen molar-refractivity contribution >= 4 is 18.3 Å². The number of morpholine rings is 1. The van der Waals surface area contributed by atoms with Crippen molar-refractivity contribution in [1.82, 2.24) is 10.8 Å². The zero-order valence-corrected chi connectivity index (χ0v) is 8.36. The Labute approximate surface area is 83.5 Å². The normalized spacial score (nSPS) is 21.8. The molecule has 1 fully saturated rings. The maximum Gasteiger partial charge on any atom is 0.273 e. The van der Waals surface area contributed by atoms with E-state index in [1.807, 2.05) is 0 Å². The van der Waals surface area contributed by atoms with E-state index in [9.17, 15) is 4.79 Å². The van der Waals surface area contributed by atoms with Crippen LogP contribution in [-0.2, 0) is 14.4 Å². The maximum absolute atomic E-state index is 11.2. The Morgan fingerprint density at radius 1 is 1.77 bits per heavy atom. The number of hydrogen-bond acceptors (Lipinski definition) is 4. The second kappa shape index (κ2) is 7.08. The first-order valence-corrected chi connectivity index (χ1v) is 4.08. The lowest BCUT2D eigenvalue weighted by Gasteiger charge is -2.22. The first-order valence-electron chi connectivity index (χ1n) is 4.08. The van der Waals surface area contributed by atoms with E-state index in [-0.39, 0.29) is 18.3 Å². The summed E-state index contributed by atoms with van der Waals surface area (Å²) < 4.78 is 5.18. The molecule has 0 unspecified atom stereocenters. The number of halogens is 1. The molecule has 0 aromatic carbocycles. The van der Waals surface area contributed by atoms with Gasteiger partial charge in [-0.05, 0) is 6.92 Å². The van der Waals surface area contributed by atoms with E-state index in [1.54, 1.807) is 6.92 Å². The van der Waals surface area contributed by atoms with Gasteiger partial charge in [0.2, 0.25) is 0 Å². The highest BCUT2D eigenvalue weighted by atomic mass is 35.5. The smallest absolute Gasteiger partial charge is 0.273 e. The number of amides is 1. The Morgan fingerprint density at radius 2 is 2.54 bits per heavy atom. The molecule has 1 rings (SSSR count). The molecule has 0 aliphatic carbocycles. The van der Waals surface area contributed by atoms with Crippen LogP contribution in [0.5, 0.6) is 0 Å². The number of carbonyl (C=O) groups is 1. The minimum absolute atomic E-state index is 0. The number of carbonyl (C=O) groups excluding carboxylic acids is 1. The van der Waals surface area contributed by atoms with Crippen LogP contribution in [0.3, 0.4) is 0 Å². The monoisotopic (exact) mass is 210 g/mol. The van der Waals surface area contributed by atoms with Gasteiger partial charge in [-0.3, -0.25) is 9.63 Å². The van der Waals surface area contributed by atoms with Gasteiger partial charge in [0.05, 0.1) is 13.2 Å². The van der Waals surface area contributed by atoms with E-state index in [0.717, 1.165) is 6.54 Å². The van der Waals surface area contributed by atoms with Gasteiger partial charge in [0.25, 0.3) is 5.91 Å². The number of nitrogens with one attached hydrogen (secondary N) is 2. The molecule has 1 amide bonds. The molecule has 0 aromatic rings. The molecule has 0 bridgehead atoms. The highest BCUT2D eigenvalue weighted by molar-refractivity contribution is 5.85. The maximum atomic E-state index is 11.2. The van der Waals surface area contributed by atoms with Crippen LogP contribution >= 0.6 is 12.4 Å². The Bertz CT molecular complexity index is 151. The summed E-state index contributed by atoms with van der Waals surface area (Å²) in [6.45, 7) is 4.20. The Balaban J connectivity index is 0.00000144. The third kappa shape index (κ3) is 4.42. The SMILES string of the molecule is CCONC(=O)[C@@H]1CNCCO1.Cl. The van der Waals surface area contributed by atoms with Gasteiger partial charge < -0.3 is 10.1 Å². The molecule has 1 atom stereocenters. The second-order valence-corrected chi connectivity index (χ2v) is 2.46. The minimum Gasteiger partial charge on any atom is -0.366 e. The van der Waals surface area contributed by atoms with E-state index >= 15 is 0 Å². The fourth-order valence-corrected chi connectivity index (χ4v) is 0.943. The summed E-state index contributed by atoms with van der Waals surface area (Å²) in [5.74, 6) is -0.218. The van der Waals surface area contributed by atoms with Crippen molar-refractivity contribution in [3.8, 4) is 0 Å². The molecule has 1 saturated heterocycles. The summed E-state index contributed by atoms with van der Waals surface area (Å²) in [4.78, 5) is 15.9. The van der Waals surface area contributed by atoms with Gasteiger partial charge >= 0.3 is 0 Å². The van der Waals surface area contributed by atoms with E-state index in [2.05, 4.69) is 10.8 Å². The highest BCUT2D eigenvalue weighted by Gasteiger charge is 2.21. The van der Waals surface area contributed by atoms with Crippen LogP contribution in [0.25, 0.3) is 0 Å². The van der Waals surface area contributed by atoms with Crippen LogP contribution in [0, 0.1) is 0 Å². The topological polar surface area (TPSA) is 59.6 Å². The lowest BCUT2D eigenvalue weighted by molar-refractivity contribution is -0.146. The van der Waals surface area contributed by atoms with Crippen LogP contribution < -0.4 is 10.8 Å². The number of ether oxygens (including phenoxy) is 1. The van der Waals surface area contributed by atoms with Crippen LogP contribution in [0.1, 0.15) is 6.92 Å². The molecule has 13 heavy (non-hydrogen) atoms. The zero-order valence-electron chi connectivity index (χ0n) is 7.54. The molecule has 78 valence electrons. The molecule has 0 radical (unpaired) electrons. The van der Waals surface area contributed by atoms with Crippen molar-refractivity contribution in [1.29, 1.82) is 0 Å². The standard InChI is InChI=1S/C7H14N2O3.ClH/c1-2-12-9-7(10)6-5-8-3-4-11-6;/h6,8H,2-5H2,1H3,(H,9,10);1H/t6-;/m0./s1. The first-order chi connectivity index (χ1) is 5.84. The molecule has 0 spiro atoms. The summed E-state index contributed by atoms with van der Waals surface area (Å²) in [6, 6.07) is 0. The average molecular weight is 211 g/mol. The van der Waals surface area contributed by atoms with Gasteiger partial charge in [0, 0.05) is 13.1 Å². The van der Waals surface area contributed by atoms with E-state index in [4.69, 9.17) is 9.57 Å². The molecule has 1 aliphatic heterocycles. The van der Waals surface area contributed by atoms with Crippen LogP contribution in [-0.4, -0.2) is 38.3 Å². The van der Waals surface area contributed by atoms with Crippen molar-refractivity contribution in [2.75, 3.05) is 26.3 Å². The molecule has 0 aromatic heterocycles. The Hall–Kier alpha value is -0.360. The fourth-order valence-electron chi connectivity index (χ4n) is 0.943. The van der Waals surface area contributed by atoms with Crippen molar-refractivity contribution in [3.05, 3.63) is 0 Å². The van der Waals surface area contributed by atoms with Gasteiger partial charge in [-0.15, -0.1) is 12.4 Å². The molecular formula is C7H15ClN2O3. The zero-order chi connectivity index (χ0) is 8.81. The van der Waals surface area contributed by atoms with Crippen molar-refractivity contribution < 1.29 is 14.4 Å². The Morgan fingerprint density at radius 3 is 3.08 bits per heavy atom. The van der Waals surface area contributed by atoms with E-state index in [1.165, 1.54) is 0 Å². The van der Waals surface area contributed by atoms with Crippen LogP contribution in [0.2, 0.25) is 0 Å². The number of hydrogen-bond donors (Lipinski definition) is 2. The third-order valence-corrected chi connectivity index (χ3v) is 1.54. The molecule has 6 heteroatoms. The van der Waals surface area contributed by atoms with Crippen molar-refractivity contribution in [3.63, 3.8) is 0 Å². The fraction of sp³-hybridized carbons (Fsp3) is 0.857. The minimum atomic E-state index is -0.412. The first kappa shape index (κ1) is 12.6. The number of rotatable bonds is 3. The van der Waals surface area contributed by atoms with Gasteiger partial charge in [0.15, 0.2) is 6.10 Å². The summed E-state index contributed by atoms with van der Waals surface area (Å²) in [5.41, 5.74) is 2.30. The molecule has 0 saturated carbocycles. The van der Waals surface area contributed by atoms with Gasteiger partial charge in [-0.1, -0.05) is 0 Å². The van der Waals surface area contributed by atoms with Crippen LogP contribution in [0.4, 0.5) is 0 Å². The summed E-state index contributed by atoms with van der Waals surface area (Å²) in [5, 5.41) is 3.05. The largest absolute Gasteiger partial charge is 0.366 e. The van der Waals surface area contributed by atoms with Crippen LogP contribution in [0.15, 0.2) is 0 Å². The van der Waals surface area contributed by atoms with E-state index < -0.39 is 6.10 Å². The average Bonchev–Trinajstić information content (AvgIpc) is 2.15. The molecule has 5 nitrogen and oxygen atoms in total. The summed E-state index contributed by atoms with van der Waals surface area (Å²) >= 11 is 0. The lowest BCUT2D eigenvalue weighted by atomic mass is 10.3. The second-order valence-electron chi connectivity index (χ2n) is 2.46. The quantitative estimate of drug-likeness (QED) is 0.615. The molecule has 1 aliphatic rings. The molecular weight excluding hydrogens is 196 g/mol. The van der Waals surface area contributed by atoms with Gasteiger partial charge in [-0.25, -0.2) is 5.48 Å². The summed E-state index contributed by atoms with van der Waals surface area (Å²) in [7, 11) is 0. The van der Waals surface area contributed by atoms with Gasteiger partial charge in [-0.2, -0.15) is 0 Å². The highest BCUT2D eigenvalue weighted by Crippen LogP contribution is 1.95. The molecule has 2 N–H and O–H groups in total. The Kier molecular flexibility index (Phi) is 6.89. The number of hydroxylamine groups is 1. The lowest BCUT2D eigenvalue weighted by Crippen LogP contribution is -2.47. The molecule has 1 heterocycles. The predicted molar refractivity (Wildman–Crippen MR) is 49.6 cm³/mol. The van der Waals surface area contributed by atoms with Gasteiger partial charge in [0.1, 0.15) is 0 Å². The predicted octanol–water partition coefficient (Wildman–Crippen LogP) is -0.536. The third-order valence-electron chi connectivity index (χ3n) is 1.54. The summed E-state index contributed by atoms with van der Waals surface area (Å²) in [6.07, 6.45) is -0.412. The van der Waals surface area contributed by atoms with Crippen molar-refractivity contribution in [2.45, 2.75) is 13.0 Å².